The first kappa shape index (κ1) is 13.7. The molecule has 0 aromatic rings. The summed E-state index contributed by atoms with van der Waals surface area (Å²) in [6, 6.07) is 1.79. The fourth-order valence-electron chi connectivity index (χ4n) is 1.10. The van der Waals surface area contributed by atoms with Gasteiger partial charge in [-0.1, -0.05) is 24.0 Å². The number of nitriles is 1. The normalized spacial score (nSPS) is 19.4. The van der Waals surface area contributed by atoms with E-state index in [0.29, 0.717) is 4.32 Å². The van der Waals surface area contributed by atoms with Crippen molar-refractivity contribution in [1.82, 2.24) is 4.90 Å². The zero-order chi connectivity index (χ0) is 13.0. The lowest BCUT2D eigenvalue weighted by Gasteiger charge is -2.05. The van der Waals surface area contributed by atoms with Crippen LogP contribution in [0.2, 0.25) is 0 Å². The van der Waals surface area contributed by atoms with E-state index in [1.165, 1.54) is 11.0 Å². The largest absolute Gasteiger partial charge is 0.465 e. The molecule has 0 bridgehead atoms. The summed E-state index contributed by atoms with van der Waals surface area (Å²) in [4.78, 5) is 24.6. The Balaban J connectivity index is 2.88. The van der Waals surface area contributed by atoms with Crippen molar-refractivity contribution in [2.75, 3.05) is 13.7 Å². The summed E-state index contributed by atoms with van der Waals surface area (Å²) < 4.78 is 5.13. The molecule has 17 heavy (non-hydrogen) atoms. The molecule has 1 rings (SSSR count). The van der Waals surface area contributed by atoms with E-state index in [1.807, 2.05) is 0 Å². The Hall–Kier alpha value is -1.39. The van der Waals surface area contributed by atoms with Crippen molar-refractivity contribution < 1.29 is 14.3 Å². The van der Waals surface area contributed by atoms with Crippen molar-refractivity contribution in [2.24, 2.45) is 5.92 Å². The van der Waals surface area contributed by atoms with E-state index in [9.17, 15) is 9.59 Å². The summed E-state index contributed by atoms with van der Waals surface area (Å²) in [6.07, 6.45) is 1.29. The number of rotatable bonds is 3. The quantitative estimate of drug-likeness (QED) is 0.434. The number of thioether (sulfide) groups is 1. The third-order valence-corrected chi connectivity index (χ3v) is 3.49. The van der Waals surface area contributed by atoms with Crippen LogP contribution in [0.5, 0.6) is 0 Å². The van der Waals surface area contributed by atoms with E-state index in [4.69, 9.17) is 22.2 Å². The number of hydrogen-bond acceptors (Lipinski definition) is 6. The second-order valence-corrected chi connectivity index (χ2v) is 4.80. The predicted octanol–water partition coefficient (Wildman–Crippen LogP) is 1.06. The van der Waals surface area contributed by atoms with Crippen LogP contribution in [-0.2, 0) is 14.3 Å². The molecule has 0 N–H and O–H groups in total. The molecule has 1 aliphatic heterocycles. The number of amides is 1. The summed E-state index contributed by atoms with van der Waals surface area (Å²) in [5.41, 5.74) is 0. The minimum absolute atomic E-state index is 0.194. The molecular formula is C10H10N2O3S2. The van der Waals surface area contributed by atoms with Crippen molar-refractivity contribution in [1.29, 1.82) is 5.26 Å². The van der Waals surface area contributed by atoms with Crippen molar-refractivity contribution >= 4 is 40.2 Å². The van der Waals surface area contributed by atoms with E-state index in [0.717, 1.165) is 11.8 Å². The average Bonchev–Trinajstić information content (AvgIpc) is 2.54. The zero-order valence-corrected chi connectivity index (χ0v) is 10.9. The highest BCUT2D eigenvalue weighted by atomic mass is 32.2. The van der Waals surface area contributed by atoms with Crippen LogP contribution in [0.4, 0.5) is 0 Å². The van der Waals surface area contributed by atoms with Gasteiger partial charge in [0, 0.05) is 7.05 Å². The first-order valence-corrected chi connectivity index (χ1v) is 6.01. The molecule has 1 heterocycles. The summed E-state index contributed by atoms with van der Waals surface area (Å²) in [5.74, 6) is -2.03. The van der Waals surface area contributed by atoms with E-state index >= 15 is 0 Å². The molecule has 7 heteroatoms. The standard InChI is InChI=1S/C10H10N2O3S2/c1-3-15-9(14)6(5-11)4-7-8(13)12(2)10(16)17-7/h4,6H,3H2,1-2H3/b7-4+/t6-/m1/s1. The van der Waals surface area contributed by atoms with Gasteiger partial charge in [-0.3, -0.25) is 14.5 Å². The predicted molar refractivity (Wildman–Crippen MR) is 66.8 cm³/mol. The summed E-state index contributed by atoms with van der Waals surface area (Å²) in [5, 5.41) is 8.84. The van der Waals surface area contributed by atoms with Crippen LogP contribution in [0.1, 0.15) is 6.92 Å². The van der Waals surface area contributed by atoms with Crippen LogP contribution in [0.15, 0.2) is 11.0 Å². The number of hydrogen-bond donors (Lipinski definition) is 0. The molecule has 0 saturated carbocycles. The average molecular weight is 270 g/mol. The van der Waals surface area contributed by atoms with Gasteiger partial charge in [0.25, 0.3) is 5.91 Å². The highest BCUT2D eigenvalue weighted by molar-refractivity contribution is 8.26. The second-order valence-electron chi connectivity index (χ2n) is 3.12. The molecule has 0 aromatic carbocycles. The summed E-state index contributed by atoms with van der Waals surface area (Å²) in [6.45, 7) is 1.84. The van der Waals surface area contributed by atoms with Gasteiger partial charge in [0.1, 0.15) is 4.32 Å². The molecule has 0 unspecified atom stereocenters. The van der Waals surface area contributed by atoms with Gasteiger partial charge in [-0.15, -0.1) is 0 Å². The van der Waals surface area contributed by atoms with Gasteiger partial charge < -0.3 is 4.74 Å². The van der Waals surface area contributed by atoms with Crippen molar-refractivity contribution in [3.05, 3.63) is 11.0 Å². The molecule has 5 nitrogen and oxygen atoms in total. The maximum atomic E-state index is 11.6. The highest BCUT2D eigenvalue weighted by Gasteiger charge is 2.31. The van der Waals surface area contributed by atoms with Gasteiger partial charge in [-0.2, -0.15) is 5.26 Å². The fourth-order valence-corrected chi connectivity index (χ4v) is 2.29. The minimum Gasteiger partial charge on any atom is -0.465 e. The Morgan fingerprint density at radius 3 is 2.82 bits per heavy atom. The Kier molecular flexibility index (Phi) is 4.66. The monoisotopic (exact) mass is 270 g/mol. The van der Waals surface area contributed by atoms with Gasteiger partial charge in [0.05, 0.1) is 17.6 Å². The molecule has 0 aliphatic carbocycles. The molecule has 0 radical (unpaired) electrons. The van der Waals surface area contributed by atoms with Crippen LogP contribution >= 0.6 is 24.0 Å². The maximum Gasteiger partial charge on any atom is 0.327 e. The van der Waals surface area contributed by atoms with Crippen LogP contribution in [0, 0.1) is 17.2 Å². The lowest BCUT2D eigenvalue weighted by atomic mass is 10.1. The molecule has 1 saturated heterocycles. The molecule has 1 amide bonds. The molecule has 1 fully saturated rings. The first-order chi connectivity index (χ1) is 8.01. The highest BCUT2D eigenvalue weighted by Crippen LogP contribution is 2.30. The smallest absolute Gasteiger partial charge is 0.327 e. The Bertz CT molecular complexity index is 439. The summed E-state index contributed by atoms with van der Waals surface area (Å²) in [7, 11) is 1.55. The number of ether oxygens (including phenoxy) is 1. The lowest BCUT2D eigenvalue weighted by molar-refractivity contribution is -0.144. The van der Waals surface area contributed by atoms with Gasteiger partial charge in [-0.25, -0.2) is 0 Å². The second kappa shape index (κ2) is 5.80. The van der Waals surface area contributed by atoms with Crippen molar-refractivity contribution in [3.63, 3.8) is 0 Å². The molecule has 0 spiro atoms. The number of likely N-dealkylation sites (N-methyl/N-ethyl adjacent to an activating group) is 1. The number of carbonyl (C=O) groups excluding carboxylic acids is 2. The SMILES string of the molecule is CCOC(=O)[C@@H](C#N)/C=C1/SC(=S)N(C)C1=O. The van der Waals surface area contributed by atoms with E-state index < -0.39 is 11.9 Å². The van der Waals surface area contributed by atoms with E-state index in [1.54, 1.807) is 20.0 Å². The Morgan fingerprint density at radius 1 is 1.76 bits per heavy atom. The van der Waals surface area contributed by atoms with Gasteiger partial charge in [-0.05, 0) is 13.0 Å². The number of esters is 1. The van der Waals surface area contributed by atoms with Gasteiger partial charge in [0.2, 0.25) is 0 Å². The Labute approximate surface area is 108 Å². The van der Waals surface area contributed by atoms with Crippen LogP contribution in [0.3, 0.4) is 0 Å². The number of thiocarbonyl (C=S) groups is 1. The van der Waals surface area contributed by atoms with Crippen LogP contribution in [-0.4, -0.2) is 34.8 Å². The van der Waals surface area contributed by atoms with Gasteiger partial charge in [0.15, 0.2) is 5.92 Å². The molecule has 1 aliphatic rings. The lowest BCUT2D eigenvalue weighted by Crippen LogP contribution is -2.23. The minimum atomic E-state index is -1.07. The Morgan fingerprint density at radius 2 is 2.41 bits per heavy atom. The molecule has 0 aromatic heterocycles. The van der Waals surface area contributed by atoms with Crippen molar-refractivity contribution in [3.8, 4) is 6.07 Å². The van der Waals surface area contributed by atoms with E-state index in [2.05, 4.69) is 0 Å². The maximum absolute atomic E-state index is 11.6. The van der Waals surface area contributed by atoms with E-state index in [-0.39, 0.29) is 17.4 Å². The third-order valence-electron chi connectivity index (χ3n) is 1.98. The topological polar surface area (TPSA) is 70.4 Å². The molecule has 1 atom stereocenters. The molecule has 90 valence electrons. The number of carbonyl (C=O) groups is 2. The zero-order valence-electron chi connectivity index (χ0n) is 9.30. The fraction of sp³-hybridized carbons (Fsp3) is 0.400. The number of nitrogens with zero attached hydrogens (tertiary/aromatic N) is 2. The third kappa shape index (κ3) is 3.05. The van der Waals surface area contributed by atoms with Crippen LogP contribution < -0.4 is 0 Å². The van der Waals surface area contributed by atoms with Gasteiger partial charge >= 0.3 is 5.97 Å². The summed E-state index contributed by atoms with van der Waals surface area (Å²) >= 11 is 6.00. The first-order valence-electron chi connectivity index (χ1n) is 4.79. The molecular weight excluding hydrogens is 260 g/mol. The van der Waals surface area contributed by atoms with Crippen LogP contribution in [0.25, 0.3) is 0 Å². The van der Waals surface area contributed by atoms with Crippen molar-refractivity contribution in [2.45, 2.75) is 6.92 Å².